The van der Waals surface area contributed by atoms with E-state index < -0.39 is 138 Å². The Hall–Kier alpha value is -5.15. The molecule has 6 aromatic rings. The maximum Gasteiger partial charge on any atom is 0.490 e. The predicted octanol–water partition coefficient (Wildman–Crippen LogP) is -4.21. The van der Waals surface area contributed by atoms with Crippen molar-refractivity contribution in [3.05, 3.63) is 46.0 Å². The van der Waals surface area contributed by atoms with Gasteiger partial charge in [-0.3, -0.25) is 51.4 Å². The van der Waals surface area contributed by atoms with Crippen molar-refractivity contribution in [1.29, 1.82) is 0 Å². The van der Waals surface area contributed by atoms with Crippen LogP contribution < -0.4 is 32.9 Å². The van der Waals surface area contributed by atoms with Gasteiger partial charge in [0.25, 0.3) is 17.1 Å². The van der Waals surface area contributed by atoms with Gasteiger partial charge in [0.15, 0.2) is 41.4 Å². The summed E-state index contributed by atoms with van der Waals surface area (Å²) < 4.78 is 108. The van der Waals surface area contributed by atoms with E-state index in [1.807, 2.05) is 0 Å². The van der Waals surface area contributed by atoms with Crippen LogP contribution in [0.5, 0.6) is 0 Å². The molecule has 7 rings (SSSR count). The molecule has 0 radical (unpaired) electrons. The van der Waals surface area contributed by atoms with Gasteiger partial charge >= 0.3 is 36.9 Å². The van der Waals surface area contributed by atoms with Crippen LogP contribution in [0, 0.1) is 0 Å². The first kappa shape index (κ1) is 57.6. The highest BCUT2D eigenvalue weighted by atomic mass is 31.3. The van der Waals surface area contributed by atoms with Crippen LogP contribution in [-0.4, -0.2) is 177 Å². The van der Waals surface area contributed by atoms with Crippen molar-refractivity contribution < 1.29 is 108 Å². The molecule has 16 N–H and O–H groups in total. The van der Waals surface area contributed by atoms with Crippen molar-refractivity contribution in [3.8, 4) is 0 Å². The maximum absolute atomic E-state index is 13.6. The summed E-state index contributed by atoms with van der Waals surface area (Å²) in [7, 11) is -20.9. The number of nitrogens with one attached hydrogen (secondary N) is 2. The van der Waals surface area contributed by atoms with E-state index in [9.17, 15) is 67.8 Å². The van der Waals surface area contributed by atoms with E-state index in [-0.39, 0.29) is 51.2 Å². The number of rotatable bonds is 27. The number of phosphoric acid groups is 4. The summed E-state index contributed by atoms with van der Waals surface area (Å²) in [4.78, 5) is 95.4. The van der Waals surface area contributed by atoms with Crippen molar-refractivity contribution in [3.63, 3.8) is 0 Å². The number of nitrogens with two attached hydrogens (primary N) is 3. The van der Waals surface area contributed by atoms with Gasteiger partial charge < -0.3 is 76.1 Å². The van der Waals surface area contributed by atoms with Crippen molar-refractivity contribution >= 4 is 82.5 Å². The number of aromatic amines is 2. The normalized spacial score (nSPS) is 22.2. The number of aliphatic hydroxyl groups is 4. The van der Waals surface area contributed by atoms with Crippen LogP contribution in [0.15, 0.2) is 34.9 Å². The first-order valence-corrected chi connectivity index (χ1v) is 27.0. The number of methoxy groups -OCH3 is 1. The number of phosphoric ester groups is 3. The van der Waals surface area contributed by atoms with E-state index in [0.717, 1.165) is 35.2 Å². The molecular weight excluding hydrogens is 1100 g/mol. The Bertz CT molecular complexity index is 3320. The Morgan fingerprint density at radius 2 is 1.37 bits per heavy atom. The number of aryl methyl sites for hydroxylation is 1. The second-order valence-electron chi connectivity index (χ2n) is 15.5. The second-order valence-corrected chi connectivity index (χ2v) is 21.6. The molecule has 0 bridgehead atoms. The number of aromatic nitrogens is 12. The molecule has 0 amide bonds. The van der Waals surface area contributed by atoms with Gasteiger partial charge in [-0.2, -0.15) is 13.6 Å². The Morgan fingerprint density at radius 3 is 2.03 bits per heavy atom. The number of ether oxygens (including phenoxy) is 4. The SMILES string of the molecule is CO[C@H]1C(OP(=O)(O)OC[C@H](CO)O[C@H](CO)n2cnc3c(=O)[nH]c(N)nc32)[C@@H](COP(=O)(O)OP(=O)(O)OP(=O)(O)OC[C@H](CO)O[C@H](CO)[n+]2cn(C)c3c(=O)[nH]c(N)nc32)O[C@H]1n1cnc2c(N)ncnc21. The third-order valence-electron chi connectivity index (χ3n) is 10.4. The number of aliphatic hydroxyl groups excluding tert-OH is 4. The monoisotopic (exact) mass is 1150 g/mol. The standard InChI is InChI=1S/C32H47N15O24P4/c1-44-13-47(27-21(44)29(53)43-32(35)41-27)18(6-51)67-15(4-49)8-64-73(56,57)70-75(60,61)71-74(58,59)65-9-16-22(23(62-2)30(68-16)46-12-38-19-24(33)36-10-37-25(19)46)69-72(54,55)63-7-14(3-48)66-17(5-50)45-11-39-20-26(45)40-31(34)42-28(20)52/h10-18,22-23,30,48-51H,3-9H2,1-2H3,(H11-,33,34,35,36,37,40,41,42,43,52,53,54,55,56,57,58,59,60,61)/p+1/t14-,15-,16+,17+,18+,22?,23-,30+/m0/s1. The van der Waals surface area contributed by atoms with Crippen molar-refractivity contribution in [2.45, 2.75) is 49.2 Å². The number of nitrogens with zero attached hydrogens (tertiary/aromatic N) is 10. The van der Waals surface area contributed by atoms with Crippen molar-refractivity contribution in [2.75, 3.05) is 70.6 Å². The lowest BCUT2D eigenvalue weighted by molar-refractivity contribution is -0.746. The summed E-state index contributed by atoms with van der Waals surface area (Å²) in [6.45, 7) is -6.93. The minimum Gasteiger partial charge on any atom is -0.394 e. The number of H-pyrrole nitrogens is 2. The van der Waals surface area contributed by atoms with E-state index in [4.69, 9.17) is 49.7 Å². The molecule has 1 saturated heterocycles. The summed E-state index contributed by atoms with van der Waals surface area (Å²) >= 11 is 0. The minimum atomic E-state index is -6.19. The number of imidazole rings is 3. The average molecular weight is 1150 g/mol. The Morgan fingerprint density at radius 1 is 0.747 bits per heavy atom. The van der Waals surface area contributed by atoms with Gasteiger partial charge in [-0.05, 0) is 0 Å². The van der Waals surface area contributed by atoms with Gasteiger partial charge in [0.05, 0.1) is 59.3 Å². The van der Waals surface area contributed by atoms with Crippen LogP contribution in [0.3, 0.4) is 0 Å². The Kier molecular flexibility index (Phi) is 17.8. The number of hydrogen-bond acceptors (Lipinski definition) is 29. The van der Waals surface area contributed by atoms with Gasteiger partial charge in [-0.25, -0.2) is 42.8 Å². The number of nitrogen functional groups attached to an aromatic ring is 3. The van der Waals surface area contributed by atoms with Crippen molar-refractivity contribution in [2.24, 2.45) is 7.05 Å². The fourth-order valence-corrected chi connectivity index (χ4v) is 11.8. The first-order valence-electron chi connectivity index (χ1n) is 21.0. The molecular formula is C32H48N15O24P4+. The van der Waals surface area contributed by atoms with E-state index in [2.05, 4.69) is 53.0 Å². The highest BCUT2D eigenvalue weighted by Crippen LogP contribution is 2.68. The fraction of sp³-hybridized carbons (Fsp3) is 0.531. The van der Waals surface area contributed by atoms with Crippen LogP contribution in [-0.2, 0) is 71.0 Å². The number of hydrogen-bond donors (Lipinski definition) is 13. The lowest BCUT2D eigenvalue weighted by Gasteiger charge is -2.27. The molecule has 7 heterocycles. The van der Waals surface area contributed by atoms with Crippen LogP contribution in [0.25, 0.3) is 33.5 Å². The second kappa shape index (κ2) is 23.2. The van der Waals surface area contributed by atoms with E-state index in [1.54, 1.807) is 0 Å². The van der Waals surface area contributed by atoms with Gasteiger partial charge in [-0.15, -0.1) is 0 Å². The molecule has 0 spiro atoms. The molecule has 6 aromatic heterocycles. The van der Waals surface area contributed by atoms with Gasteiger partial charge in [0.2, 0.25) is 17.7 Å². The molecule has 414 valence electrons. The highest BCUT2D eigenvalue weighted by molar-refractivity contribution is 7.66. The number of anilines is 3. The van der Waals surface area contributed by atoms with Gasteiger partial charge in [0, 0.05) is 7.11 Å². The van der Waals surface area contributed by atoms with E-state index >= 15 is 0 Å². The van der Waals surface area contributed by atoms with Crippen molar-refractivity contribution in [1.82, 2.24) is 53.6 Å². The summed E-state index contributed by atoms with van der Waals surface area (Å²) in [6, 6.07) is 0. The Balaban J connectivity index is 1.02. The maximum atomic E-state index is 13.6. The molecule has 1 aliphatic heterocycles. The quantitative estimate of drug-likeness (QED) is 0.0172. The van der Waals surface area contributed by atoms with Crippen LogP contribution in [0.1, 0.15) is 18.7 Å². The van der Waals surface area contributed by atoms with Crippen LogP contribution >= 0.6 is 31.3 Å². The fourth-order valence-electron chi connectivity index (χ4n) is 7.27. The highest BCUT2D eigenvalue weighted by Gasteiger charge is 2.52. The molecule has 5 unspecified atom stereocenters. The molecule has 75 heavy (non-hydrogen) atoms. The summed E-state index contributed by atoms with van der Waals surface area (Å²) in [6.07, 6.45) is -8.29. The average Bonchev–Trinajstić information content (AvgIpc) is 4.11. The molecule has 12 atom stereocenters. The van der Waals surface area contributed by atoms with Gasteiger partial charge in [-0.1, -0.05) is 4.98 Å². The third kappa shape index (κ3) is 13.3. The third-order valence-corrected chi connectivity index (χ3v) is 15.7. The largest absolute Gasteiger partial charge is 0.490 e. The van der Waals surface area contributed by atoms with E-state index in [1.165, 1.54) is 22.5 Å². The molecule has 39 nitrogen and oxygen atoms in total. The zero-order valence-electron chi connectivity index (χ0n) is 38.5. The summed E-state index contributed by atoms with van der Waals surface area (Å²) in [5, 5.41) is 40.2. The summed E-state index contributed by atoms with van der Waals surface area (Å²) in [5.74, 6) is -0.705. The Labute approximate surface area is 416 Å². The lowest BCUT2D eigenvalue weighted by Crippen LogP contribution is -2.46. The van der Waals surface area contributed by atoms with E-state index in [0.29, 0.717) is 0 Å². The smallest absolute Gasteiger partial charge is 0.394 e. The van der Waals surface area contributed by atoms with Crippen LogP contribution in [0.2, 0.25) is 0 Å². The zero-order chi connectivity index (χ0) is 54.8. The minimum absolute atomic E-state index is 0.00696. The molecule has 1 fully saturated rings. The number of fused-ring (bicyclic) bond motifs is 3. The topological polar surface area (TPSA) is 562 Å². The molecule has 0 aliphatic carbocycles. The molecule has 0 aromatic carbocycles. The lowest BCUT2D eigenvalue weighted by atomic mass is 10.1. The van der Waals surface area contributed by atoms with Crippen LogP contribution in [0.4, 0.5) is 17.7 Å². The molecule has 0 saturated carbocycles. The summed E-state index contributed by atoms with van der Waals surface area (Å²) in [5.41, 5.74) is 15.4. The zero-order valence-corrected chi connectivity index (χ0v) is 42.1. The molecule has 43 heteroatoms. The molecule has 1 aliphatic rings. The first-order chi connectivity index (χ1) is 35.3. The predicted molar refractivity (Wildman–Crippen MR) is 243 cm³/mol. The van der Waals surface area contributed by atoms with Gasteiger partial charge in [0.1, 0.15) is 49.0 Å².